The zero-order valence-corrected chi connectivity index (χ0v) is 7.89. The van der Waals surface area contributed by atoms with Crippen LogP contribution in [0, 0.1) is 0 Å². The maximum absolute atomic E-state index is 5.83. The molecule has 0 bridgehead atoms. The van der Waals surface area contributed by atoms with Gasteiger partial charge in [-0.05, 0) is 13.3 Å². The Morgan fingerprint density at radius 3 is 2.27 bits per heavy atom. The molecule has 0 aliphatic rings. The molecule has 0 spiro atoms. The molecule has 2 atom stereocenters. The van der Waals surface area contributed by atoms with E-state index in [0.29, 0.717) is 6.61 Å². The van der Waals surface area contributed by atoms with Gasteiger partial charge in [0, 0.05) is 14.2 Å². The van der Waals surface area contributed by atoms with E-state index in [1.807, 2.05) is 6.92 Å². The van der Waals surface area contributed by atoms with Crippen LogP contribution in [0.4, 0.5) is 0 Å². The Kier molecular flexibility index (Phi) is 4.65. The van der Waals surface area contributed by atoms with E-state index in [1.54, 1.807) is 14.2 Å². The summed E-state index contributed by atoms with van der Waals surface area (Å²) in [6.45, 7) is 4.59. The molecule has 3 heteroatoms. The maximum Gasteiger partial charge on any atom is 0.0820 e. The highest BCUT2D eigenvalue weighted by molar-refractivity contribution is 4.85. The lowest BCUT2D eigenvalue weighted by Gasteiger charge is -2.32. The summed E-state index contributed by atoms with van der Waals surface area (Å²) in [6, 6.07) is -0.0532. The second-order valence-electron chi connectivity index (χ2n) is 2.93. The largest absolute Gasteiger partial charge is 0.383 e. The van der Waals surface area contributed by atoms with Crippen molar-refractivity contribution >= 4 is 0 Å². The van der Waals surface area contributed by atoms with Crippen molar-refractivity contribution in [2.45, 2.75) is 31.9 Å². The van der Waals surface area contributed by atoms with Crippen LogP contribution in [-0.4, -0.2) is 32.5 Å². The molecule has 3 nitrogen and oxygen atoms in total. The Hall–Kier alpha value is -0.120. The van der Waals surface area contributed by atoms with Crippen molar-refractivity contribution < 1.29 is 9.47 Å². The summed E-state index contributed by atoms with van der Waals surface area (Å²) in [5, 5.41) is 0. The van der Waals surface area contributed by atoms with E-state index in [9.17, 15) is 0 Å². The fourth-order valence-electron chi connectivity index (χ4n) is 0.914. The lowest BCUT2D eigenvalue weighted by Crippen LogP contribution is -2.49. The number of hydrogen-bond acceptors (Lipinski definition) is 3. The summed E-state index contributed by atoms with van der Waals surface area (Å²) in [6.07, 6.45) is 0.897. The van der Waals surface area contributed by atoms with Gasteiger partial charge in [0.25, 0.3) is 0 Å². The Balaban J connectivity index is 4.00. The summed E-state index contributed by atoms with van der Waals surface area (Å²) >= 11 is 0. The minimum atomic E-state index is -0.254. The van der Waals surface area contributed by atoms with Crippen LogP contribution in [0.5, 0.6) is 0 Å². The predicted molar refractivity (Wildman–Crippen MR) is 45.6 cm³/mol. The number of ether oxygens (including phenoxy) is 2. The second kappa shape index (κ2) is 4.70. The average molecular weight is 161 g/mol. The molecule has 0 aliphatic heterocycles. The van der Waals surface area contributed by atoms with Gasteiger partial charge < -0.3 is 15.2 Å². The van der Waals surface area contributed by atoms with Crippen molar-refractivity contribution in [1.82, 2.24) is 0 Å². The SMILES string of the molecule is CCC(C)(OC)C(N)COC. The van der Waals surface area contributed by atoms with Crippen LogP contribution in [0.2, 0.25) is 0 Å². The van der Waals surface area contributed by atoms with Crippen LogP contribution < -0.4 is 5.73 Å². The highest BCUT2D eigenvalue weighted by atomic mass is 16.5. The second-order valence-corrected chi connectivity index (χ2v) is 2.93. The van der Waals surface area contributed by atoms with Gasteiger partial charge in [0.15, 0.2) is 0 Å². The molecule has 0 aromatic carbocycles. The molecule has 0 saturated carbocycles. The summed E-state index contributed by atoms with van der Waals surface area (Å²) in [4.78, 5) is 0. The quantitative estimate of drug-likeness (QED) is 0.648. The van der Waals surface area contributed by atoms with Gasteiger partial charge in [-0.25, -0.2) is 0 Å². The molecule has 0 aliphatic carbocycles. The molecular formula is C8H19NO2. The first-order chi connectivity index (χ1) is 5.10. The van der Waals surface area contributed by atoms with Crippen molar-refractivity contribution in [3.8, 4) is 0 Å². The molecule has 0 radical (unpaired) electrons. The minimum absolute atomic E-state index is 0.0532. The van der Waals surface area contributed by atoms with Gasteiger partial charge in [-0.2, -0.15) is 0 Å². The Morgan fingerprint density at radius 2 is 2.00 bits per heavy atom. The zero-order valence-electron chi connectivity index (χ0n) is 7.89. The van der Waals surface area contributed by atoms with Gasteiger partial charge in [-0.3, -0.25) is 0 Å². The summed E-state index contributed by atoms with van der Waals surface area (Å²) in [7, 11) is 3.32. The molecule has 0 rings (SSSR count). The maximum atomic E-state index is 5.83. The molecule has 2 unspecified atom stereocenters. The van der Waals surface area contributed by atoms with E-state index in [0.717, 1.165) is 6.42 Å². The molecular weight excluding hydrogens is 142 g/mol. The Labute approximate surface area is 68.9 Å². The third-order valence-electron chi connectivity index (χ3n) is 2.30. The van der Waals surface area contributed by atoms with Gasteiger partial charge in [-0.15, -0.1) is 0 Å². The minimum Gasteiger partial charge on any atom is -0.383 e. The first kappa shape index (κ1) is 10.9. The third-order valence-corrected chi connectivity index (χ3v) is 2.30. The topological polar surface area (TPSA) is 44.5 Å². The highest BCUT2D eigenvalue weighted by Gasteiger charge is 2.29. The predicted octanol–water partition coefficient (Wildman–Crippen LogP) is 0.775. The molecule has 0 amide bonds. The van der Waals surface area contributed by atoms with Crippen LogP contribution in [-0.2, 0) is 9.47 Å². The van der Waals surface area contributed by atoms with Crippen LogP contribution in [0.15, 0.2) is 0 Å². The van der Waals surface area contributed by atoms with Crippen LogP contribution in [0.3, 0.4) is 0 Å². The van der Waals surface area contributed by atoms with Gasteiger partial charge in [-0.1, -0.05) is 6.92 Å². The van der Waals surface area contributed by atoms with Crippen LogP contribution >= 0.6 is 0 Å². The first-order valence-electron chi connectivity index (χ1n) is 3.90. The molecule has 0 aromatic rings. The Morgan fingerprint density at radius 1 is 1.45 bits per heavy atom. The van der Waals surface area contributed by atoms with Crippen molar-refractivity contribution in [3.05, 3.63) is 0 Å². The van der Waals surface area contributed by atoms with E-state index in [1.165, 1.54) is 0 Å². The first-order valence-corrected chi connectivity index (χ1v) is 3.90. The van der Waals surface area contributed by atoms with Crippen molar-refractivity contribution in [3.63, 3.8) is 0 Å². The number of methoxy groups -OCH3 is 2. The Bertz CT molecular complexity index is 102. The number of hydrogen-bond donors (Lipinski definition) is 1. The molecule has 0 fully saturated rings. The standard InChI is InChI=1S/C8H19NO2/c1-5-8(2,11-4)7(9)6-10-3/h7H,5-6,9H2,1-4H3. The number of nitrogens with two attached hydrogens (primary N) is 1. The van der Waals surface area contributed by atoms with Crippen molar-refractivity contribution in [2.75, 3.05) is 20.8 Å². The van der Waals surface area contributed by atoms with Crippen LogP contribution in [0.25, 0.3) is 0 Å². The van der Waals surface area contributed by atoms with E-state index in [-0.39, 0.29) is 11.6 Å². The van der Waals surface area contributed by atoms with E-state index < -0.39 is 0 Å². The molecule has 0 heterocycles. The van der Waals surface area contributed by atoms with Gasteiger partial charge in [0.2, 0.25) is 0 Å². The fraction of sp³-hybridized carbons (Fsp3) is 1.00. The fourth-order valence-corrected chi connectivity index (χ4v) is 0.914. The molecule has 68 valence electrons. The van der Waals surface area contributed by atoms with Gasteiger partial charge >= 0.3 is 0 Å². The van der Waals surface area contributed by atoms with E-state index in [4.69, 9.17) is 15.2 Å². The molecule has 0 saturated heterocycles. The molecule has 2 N–H and O–H groups in total. The van der Waals surface area contributed by atoms with E-state index >= 15 is 0 Å². The normalized spacial score (nSPS) is 19.4. The lowest BCUT2D eigenvalue weighted by molar-refractivity contribution is -0.0370. The molecule has 11 heavy (non-hydrogen) atoms. The summed E-state index contributed by atoms with van der Waals surface area (Å²) < 4.78 is 10.2. The third kappa shape index (κ3) is 2.77. The van der Waals surface area contributed by atoms with Gasteiger partial charge in [0.1, 0.15) is 0 Å². The smallest absolute Gasteiger partial charge is 0.0820 e. The lowest BCUT2D eigenvalue weighted by atomic mass is 9.94. The highest BCUT2D eigenvalue weighted by Crippen LogP contribution is 2.17. The van der Waals surface area contributed by atoms with Gasteiger partial charge in [0.05, 0.1) is 18.2 Å². The summed E-state index contributed by atoms with van der Waals surface area (Å²) in [5.74, 6) is 0. The monoisotopic (exact) mass is 161 g/mol. The number of rotatable bonds is 5. The van der Waals surface area contributed by atoms with Crippen LogP contribution in [0.1, 0.15) is 20.3 Å². The van der Waals surface area contributed by atoms with E-state index in [2.05, 4.69) is 6.92 Å². The zero-order chi connectivity index (χ0) is 8.91. The summed E-state index contributed by atoms with van der Waals surface area (Å²) in [5.41, 5.74) is 5.58. The average Bonchev–Trinajstić information content (AvgIpc) is 2.03. The van der Waals surface area contributed by atoms with Crippen molar-refractivity contribution in [1.29, 1.82) is 0 Å². The van der Waals surface area contributed by atoms with Crippen molar-refractivity contribution in [2.24, 2.45) is 5.73 Å². The molecule has 0 aromatic heterocycles.